The Hall–Kier alpha value is -4.26. The maximum atomic E-state index is 13.0. The summed E-state index contributed by atoms with van der Waals surface area (Å²) < 4.78 is 80.9. The standard InChI is InChI=1S/2C21H28F3N3O3/c2*1-3-5-13-6-7-15-18-17(19(29)25-9-4-2)14(12-28)16(11-27(15)20(13)30)26(18)10-8-21(22,23)24/h2*3,5-7,14,16-18,28H,4,8-12H2,1-2H3,(H,25,29)/b5-3+;5-3-/t2*14-,16-,17+,18+/m11/s1. The second kappa shape index (κ2) is 19.6. The summed E-state index contributed by atoms with van der Waals surface area (Å²) in [7, 11) is 0. The third-order valence-electron chi connectivity index (χ3n) is 12.1. The number of fused-ring (bicyclic) bond motifs is 8. The average Bonchev–Trinajstić information content (AvgIpc) is 3.56. The molecule has 2 aromatic heterocycles. The molecule has 4 aliphatic rings. The quantitative estimate of drug-likeness (QED) is 0.201. The number of alkyl halides is 6. The van der Waals surface area contributed by atoms with E-state index in [1.807, 2.05) is 13.8 Å². The van der Waals surface area contributed by atoms with Gasteiger partial charge in [-0.05, 0) is 51.0 Å². The van der Waals surface area contributed by atoms with Crippen LogP contribution in [0.15, 0.2) is 46.0 Å². The number of pyridine rings is 2. The first-order chi connectivity index (χ1) is 28.5. The fraction of sp³-hybridized carbons (Fsp3) is 0.619. The van der Waals surface area contributed by atoms with Gasteiger partial charge < -0.3 is 30.0 Å². The molecule has 2 amide bonds. The molecular formula is C42H56F6N6O6. The maximum Gasteiger partial charge on any atom is 0.390 e. The highest BCUT2D eigenvalue weighted by atomic mass is 19.4. The van der Waals surface area contributed by atoms with Crippen molar-refractivity contribution in [2.75, 3.05) is 39.4 Å². The van der Waals surface area contributed by atoms with Crippen LogP contribution in [0.2, 0.25) is 0 Å². The van der Waals surface area contributed by atoms with Gasteiger partial charge in [-0.1, -0.05) is 38.2 Å². The molecule has 4 bridgehead atoms. The van der Waals surface area contributed by atoms with Crippen LogP contribution in [-0.2, 0) is 22.7 Å². The van der Waals surface area contributed by atoms with Crippen molar-refractivity contribution >= 4 is 24.0 Å². The van der Waals surface area contributed by atoms with Gasteiger partial charge in [0.05, 0.1) is 36.8 Å². The number of aliphatic hydroxyl groups is 2. The Morgan fingerprint density at radius 2 is 1.05 bits per heavy atom. The van der Waals surface area contributed by atoms with Crippen LogP contribution in [0.4, 0.5) is 26.3 Å². The van der Waals surface area contributed by atoms with Crippen LogP contribution < -0.4 is 21.8 Å². The summed E-state index contributed by atoms with van der Waals surface area (Å²) in [6, 6.07) is 4.31. The van der Waals surface area contributed by atoms with Gasteiger partial charge in [-0.25, -0.2) is 0 Å². The normalized spacial score (nSPS) is 26.2. The molecule has 60 heavy (non-hydrogen) atoms. The Kier molecular flexibility index (Phi) is 15.3. The molecule has 6 rings (SSSR count). The van der Waals surface area contributed by atoms with E-state index in [1.54, 1.807) is 81.4 Å². The average molecular weight is 855 g/mol. The smallest absolute Gasteiger partial charge is 0.390 e. The molecule has 0 spiro atoms. The molecular weight excluding hydrogens is 798 g/mol. The molecule has 0 aliphatic carbocycles. The number of allylic oxidation sites excluding steroid dienone is 2. The van der Waals surface area contributed by atoms with Crippen molar-refractivity contribution < 1.29 is 46.1 Å². The summed E-state index contributed by atoms with van der Waals surface area (Å²) in [5.74, 6) is -3.13. The number of carbonyl (C=O) groups excluding carboxylic acids is 2. The van der Waals surface area contributed by atoms with Gasteiger partial charge in [0.25, 0.3) is 11.1 Å². The third kappa shape index (κ3) is 9.76. The van der Waals surface area contributed by atoms with Crippen molar-refractivity contribution in [3.63, 3.8) is 0 Å². The third-order valence-corrected chi connectivity index (χ3v) is 12.1. The maximum absolute atomic E-state index is 13.0. The highest BCUT2D eigenvalue weighted by Crippen LogP contribution is 2.50. The summed E-state index contributed by atoms with van der Waals surface area (Å²) in [4.78, 5) is 55.1. The molecule has 8 atom stereocenters. The van der Waals surface area contributed by atoms with Crippen LogP contribution in [-0.4, -0.2) is 105 Å². The van der Waals surface area contributed by atoms with E-state index in [2.05, 4.69) is 10.6 Å². The van der Waals surface area contributed by atoms with E-state index in [1.165, 1.54) is 0 Å². The van der Waals surface area contributed by atoms with Gasteiger partial charge in [-0.3, -0.25) is 29.0 Å². The molecule has 18 heteroatoms. The van der Waals surface area contributed by atoms with Crippen LogP contribution in [0.1, 0.15) is 88.0 Å². The number of nitrogens with one attached hydrogen (secondary N) is 2. The Morgan fingerprint density at radius 3 is 1.35 bits per heavy atom. The Bertz CT molecular complexity index is 1870. The van der Waals surface area contributed by atoms with E-state index < -0.39 is 73.0 Å². The minimum Gasteiger partial charge on any atom is -0.396 e. The van der Waals surface area contributed by atoms with Crippen LogP contribution in [0.25, 0.3) is 12.2 Å². The lowest BCUT2D eigenvalue weighted by Crippen LogP contribution is -2.47. The predicted octanol–water partition coefficient (Wildman–Crippen LogP) is 4.65. The highest BCUT2D eigenvalue weighted by Gasteiger charge is 2.57. The summed E-state index contributed by atoms with van der Waals surface area (Å²) >= 11 is 0. The first-order valence-corrected chi connectivity index (χ1v) is 20.6. The molecule has 12 nitrogen and oxygen atoms in total. The van der Waals surface area contributed by atoms with Gasteiger partial charge in [0.1, 0.15) is 0 Å². The van der Waals surface area contributed by atoms with E-state index in [-0.39, 0.29) is 62.3 Å². The Balaban J connectivity index is 0.000000228. The molecule has 2 saturated heterocycles. The van der Waals surface area contributed by atoms with E-state index in [0.29, 0.717) is 35.6 Å². The molecule has 4 aliphatic heterocycles. The van der Waals surface area contributed by atoms with Crippen molar-refractivity contribution in [1.82, 2.24) is 29.6 Å². The Morgan fingerprint density at radius 1 is 0.683 bits per heavy atom. The lowest BCUT2D eigenvalue weighted by molar-refractivity contribution is -0.141. The number of halogens is 6. The van der Waals surface area contributed by atoms with Gasteiger partial charge in [-0.2, -0.15) is 26.3 Å². The molecule has 2 aromatic rings. The minimum absolute atomic E-state index is 0.150. The van der Waals surface area contributed by atoms with Gasteiger partial charge in [0.2, 0.25) is 11.8 Å². The number of aliphatic hydroxyl groups excluding tert-OH is 2. The lowest BCUT2D eigenvalue weighted by Gasteiger charge is -2.38. The molecule has 0 radical (unpaired) electrons. The van der Waals surface area contributed by atoms with E-state index in [4.69, 9.17) is 0 Å². The number of rotatable bonds is 14. The van der Waals surface area contributed by atoms with Crippen molar-refractivity contribution in [3.05, 3.63) is 79.6 Å². The minimum atomic E-state index is -4.33. The summed E-state index contributed by atoms with van der Waals surface area (Å²) in [5, 5.41) is 25.8. The molecule has 4 N–H and O–H groups in total. The largest absolute Gasteiger partial charge is 0.396 e. The fourth-order valence-electron chi connectivity index (χ4n) is 9.55. The van der Waals surface area contributed by atoms with Crippen molar-refractivity contribution in [2.24, 2.45) is 23.7 Å². The predicted molar refractivity (Wildman–Crippen MR) is 213 cm³/mol. The van der Waals surface area contributed by atoms with E-state index in [0.717, 1.165) is 12.8 Å². The number of nitrogens with zero attached hydrogens (tertiary/aromatic N) is 4. The van der Waals surface area contributed by atoms with E-state index in [9.17, 15) is 55.7 Å². The fourth-order valence-corrected chi connectivity index (χ4v) is 9.55. The van der Waals surface area contributed by atoms with Gasteiger partial charge in [-0.15, -0.1) is 0 Å². The summed E-state index contributed by atoms with van der Waals surface area (Å²) in [6.07, 6.45) is -2.39. The second-order valence-corrected chi connectivity index (χ2v) is 15.8. The molecule has 332 valence electrons. The highest BCUT2D eigenvalue weighted by molar-refractivity contribution is 5.81. The number of hydrogen-bond acceptors (Lipinski definition) is 8. The van der Waals surface area contributed by atoms with Gasteiger partial charge in [0.15, 0.2) is 0 Å². The van der Waals surface area contributed by atoms with Gasteiger partial charge in [0, 0.05) is 98.9 Å². The van der Waals surface area contributed by atoms with Crippen LogP contribution in [0, 0.1) is 23.7 Å². The SMILES string of the molecule is C/C=C/c1ccc2n(c1=O)C[C@@H]1[C@@H](CO)[C@H](C(=O)NCCC)[C@H]2N1CCC(F)(F)F.C/C=C\c1ccc2n(c1=O)C[C@@H]1[C@@H](CO)[C@H](C(=O)NCCC)[C@H]2N1CCC(F)(F)F. The zero-order valence-corrected chi connectivity index (χ0v) is 34.3. The van der Waals surface area contributed by atoms with Crippen LogP contribution in [0.5, 0.6) is 0 Å². The lowest BCUT2D eigenvalue weighted by atomic mass is 9.86. The molecule has 0 saturated carbocycles. The zero-order valence-electron chi connectivity index (χ0n) is 34.3. The molecule has 2 fully saturated rings. The molecule has 0 unspecified atom stereocenters. The van der Waals surface area contributed by atoms with Crippen LogP contribution >= 0.6 is 0 Å². The summed E-state index contributed by atoms with van der Waals surface area (Å²) in [5.41, 5.74) is 1.55. The molecule has 0 aromatic carbocycles. The zero-order chi connectivity index (χ0) is 44.1. The van der Waals surface area contributed by atoms with Crippen LogP contribution in [0.3, 0.4) is 0 Å². The number of amides is 2. The number of hydrogen-bond donors (Lipinski definition) is 4. The first kappa shape index (κ1) is 46.8. The number of aromatic nitrogens is 2. The Labute approximate surface area is 344 Å². The van der Waals surface area contributed by atoms with Gasteiger partial charge >= 0.3 is 12.4 Å². The van der Waals surface area contributed by atoms with Crippen molar-refractivity contribution in [2.45, 2.75) is 103 Å². The van der Waals surface area contributed by atoms with Crippen molar-refractivity contribution in [3.8, 4) is 0 Å². The molecule has 6 heterocycles. The topological polar surface area (TPSA) is 149 Å². The van der Waals surface area contributed by atoms with E-state index >= 15 is 0 Å². The number of carbonyl (C=O) groups is 2. The first-order valence-electron chi connectivity index (χ1n) is 20.6. The second-order valence-electron chi connectivity index (χ2n) is 15.8. The monoisotopic (exact) mass is 854 g/mol. The summed E-state index contributed by atoms with van der Waals surface area (Å²) in [6.45, 7) is 7.36. The van der Waals surface area contributed by atoms with Crippen molar-refractivity contribution in [1.29, 1.82) is 0 Å².